The number of alkyl halides is 3. The summed E-state index contributed by atoms with van der Waals surface area (Å²) in [5.74, 6) is -0.779. The molecule has 0 saturated carbocycles. The van der Waals surface area contributed by atoms with Crippen LogP contribution >= 0.6 is 0 Å². The second kappa shape index (κ2) is 3.69. The van der Waals surface area contributed by atoms with Crippen LogP contribution in [0.5, 0.6) is 0 Å². The minimum Gasteiger partial charge on any atom is -0.293 e. The van der Waals surface area contributed by atoms with Crippen LogP contribution in [0.3, 0.4) is 0 Å². The molecule has 0 fully saturated rings. The number of ketones is 1. The number of Topliss-reactive ketones (excluding diaryl/α,β-unsaturated/α-hetero) is 1. The van der Waals surface area contributed by atoms with Gasteiger partial charge in [0.1, 0.15) is 5.69 Å². The van der Waals surface area contributed by atoms with Gasteiger partial charge in [-0.05, 0) is 6.07 Å². The molecule has 1 aromatic heterocycles. The second-order valence-electron chi connectivity index (χ2n) is 2.76. The number of halogens is 3. The zero-order chi connectivity index (χ0) is 11.6. The predicted molar refractivity (Wildman–Crippen MR) is 45.5 cm³/mol. The third-order valence-electron chi connectivity index (χ3n) is 1.64. The Bertz CT molecular complexity index is 446. The third-order valence-corrected chi connectivity index (χ3v) is 1.64. The van der Waals surface area contributed by atoms with Crippen LogP contribution < -0.4 is 0 Å². The van der Waals surface area contributed by atoms with Crippen LogP contribution in [0.15, 0.2) is 12.3 Å². The van der Waals surface area contributed by atoms with Crippen molar-refractivity contribution in [2.45, 2.75) is 13.1 Å². The van der Waals surface area contributed by atoms with Crippen molar-refractivity contribution in [3.63, 3.8) is 0 Å². The topological polar surface area (TPSA) is 34.3 Å². The summed E-state index contributed by atoms with van der Waals surface area (Å²) in [5, 5.41) is 0. The maximum Gasteiger partial charge on any atom is 0.417 e. The van der Waals surface area contributed by atoms with Crippen molar-refractivity contribution in [1.82, 2.24) is 4.98 Å². The average Bonchev–Trinajstić information content (AvgIpc) is 2.15. The summed E-state index contributed by atoms with van der Waals surface area (Å²) in [6.45, 7) is 7.55. The molecule has 0 aliphatic heterocycles. The maximum atomic E-state index is 12.4. The van der Waals surface area contributed by atoms with Crippen molar-refractivity contribution in [3.8, 4) is 0 Å². The van der Waals surface area contributed by atoms with Crippen LogP contribution in [-0.4, -0.2) is 10.8 Å². The predicted octanol–water partition coefficient (Wildman–Crippen LogP) is 2.85. The van der Waals surface area contributed by atoms with E-state index in [1.54, 1.807) is 0 Å². The molecule has 1 rings (SSSR count). The van der Waals surface area contributed by atoms with E-state index in [9.17, 15) is 18.0 Å². The SMILES string of the molecule is [C-]#[N+]c1cnc(C(C)=O)c(C(F)(F)F)c1. The first-order valence-corrected chi connectivity index (χ1v) is 3.82. The molecule has 6 heteroatoms. The smallest absolute Gasteiger partial charge is 0.293 e. The van der Waals surface area contributed by atoms with Crippen molar-refractivity contribution in [2.24, 2.45) is 0 Å². The van der Waals surface area contributed by atoms with Gasteiger partial charge < -0.3 is 0 Å². The largest absolute Gasteiger partial charge is 0.417 e. The standard InChI is InChI=1S/C9H5F3N2O/c1-5(15)8-7(9(10,11)12)3-6(13-2)4-14-8/h3-4H,1H3. The molecule has 0 N–H and O–H groups in total. The summed E-state index contributed by atoms with van der Waals surface area (Å²) in [7, 11) is 0. The van der Waals surface area contributed by atoms with Crippen molar-refractivity contribution >= 4 is 11.5 Å². The van der Waals surface area contributed by atoms with Gasteiger partial charge in [0.05, 0.1) is 12.1 Å². The molecule has 0 aliphatic rings. The van der Waals surface area contributed by atoms with Crippen LogP contribution in [-0.2, 0) is 6.18 Å². The van der Waals surface area contributed by atoms with E-state index in [0.717, 1.165) is 13.1 Å². The lowest BCUT2D eigenvalue weighted by molar-refractivity contribution is -0.138. The lowest BCUT2D eigenvalue weighted by atomic mass is 10.1. The number of pyridine rings is 1. The Morgan fingerprint density at radius 3 is 2.53 bits per heavy atom. The Morgan fingerprint density at radius 1 is 1.53 bits per heavy atom. The van der Waals surface area contributed by atoms with Gasteiger partial charge in [-0.1, -0.05) is 0 Å². The summed E-state index contributed by atoms with van der Waals surface area (Å²) >= 11 is 0. The van der Waals surface area contributed by atoms with Crippen molar-refractivity contribution in [2.75, 3.05) is 0 Å². The van der Waals surface area contributed by atoms with E-state index < -0.39 is 23.2 Å². The average molecular weight is 214 g/mol. The molecule has 15 heavy (non-hydrogen) atoms. The fourth-order valence-electron chi connectivity index (χ4n) is 1.01. The van der Waals surface area contributed by atoms with Crippen LogP contribution in [0.1, 0.15) is 23.0 Å². The van der Waals surface area contributed by atoms with Gasteiger partial charge in [0.15, 0.2) is 5.78 Å². The molecule has 0 spiro atoms. The maximum absolute atomic E-state index is 12.4. The summed E-state index contributed by atoms with van der Waals surface area (Å²) < 4.78 is 37.3. The zero-order valence-corrected chi connectivity index (χ0v) is 7.59. The summed E-state index contributed by atoms with van der Waals surface area (Å²) in [4.78, 5) is 17.0. The monoisotopic (exact) mass is 214 g/mol. The molecule has 1 aromatic rings. The Morgan fingerprint density at radius 2 is 2.13 bits per heavy atom. The van der Waals surface area contributed by atoms with E-state index in [4.69, 9.17) is 6.57 Å². The molecule has 0 atom stereocenters. The normalized spacial score (nSPS) is 10.9. The van der Waals surface area contributed by atoms with E-state index >= 15 is 0 Å². The molecule has 1 heterocycles. The second-order valence-corrected chi connectivity index (χ2v) is 2.76. The van der Waals surface area contributed by atoms with Gasteiger partial charge in [-0.15, -0.1) is 0 Å². The zero-order valence-electron chi connectivity index (χ0n) is 7.59. The fourth-order valence-corrected chi connectivity index (χ4v) is 1.01. The van der Waals surface area contributed by atoms with E-state index in [1.807, 2.05) is 0 Å². The fraction of sp³-hybridized carbons (Fsp3) is 0.222. The number of rotatable bonds is 1. The Balaban J connectivity index is 3.44. The number of hydrogen-bond donors (Lipinski definition) is 0. The molecule has 0 aliphatic carbocycles. The van der Waals surface area contributed by atoms with Gasteiger partial charge in [0, 0.05) is 13.1 Å². The third kappa shape index (κ3) is 2.31. The number of carbonyl (C=O) groups excluding carboxylic acids is 1. The van der Waals surface area contributed by atoms with E-state index in [0.29, 0.717) is 6.07 Å². The first-order chi connectivity index (χ1) is 6.86. The molecular formula is C9H5F3N2O. The molecule has 0 aromatic carbocycles. The van der Waals surface area contributed by atoms with Crippen LogP contribution in [0.2, 0.25) is 0 Å². The molecule has 0 bridgehead atoms. The Labute approximate surface area is 83.4 Å². The van der Waals surface area contributed by atoms with E-state index in [2.05, 4.69) is 9.83 Å². The molecule has 78 valence electrons. The lowest BCUT2D eigenvalue weighted by Crippen LogP contribution is -2.13. The lowest BCUT2D eigenvalue weighted by Gasteiger charge is -2.09. The summed E-state index contributed by atoms with van der Waals surface area (Å²) in [6, 6.07) is 0.622. The molecular weight excluding hydrogens is 209 g/mol. The van der Waals surface area contributed by atoms with Crippen molar-refractivity contribution < 1.29 is 18.0 Å². The quantitative estimate of drug-likeness (QED) is 0.532. The van der Waals surface area contributed by atoms with E-state index in [-0.39, 0.29) is 5.69 Å². The highest BCUT2D eigenvalue weighted by Crippen LogP contribution is 2.33. The molecule has 0 saturated heterocycles. The van der Waals surface area contributed by atoms with Crippen LogP contribution in [0.25, 0.3) is 4.85 Å². The van der Waals surface area contributed by atoms with Crippen LogP contribution in [0, 0.1) is 6.57 Å². The minimum atomic E-state index is -4.67. The summed E-state index contributed by atoms with van der Waals surface area (Å²) in [5.41, 5.74) is -2.06. The molecule has 0 unspecified atom stereocenters. The Kier molecular flexibility index (Phi) is 2.75. The van der Waals surface area contributed by atoms with Gasteiger partial charge >= 0.3 is 6.18 Å². The highest BCUT2D eigenvalue weighted by molar-refractivity contribution is 5.94. The Hall–Kier alpha value is -1.90. The molecule has 3 nitrogen and oxygen atoms in total. The van der Waals surface area contributed by atoms with Gasteiger partial charge in [0.25, 0.3) is 0 Å². The van der Waals surface area contributed by atoms with Crippen LogP contribution in [0.4, 0.5) is 18.9 Å². The first-order valence-electron chi connectivity index (χ1n) is 3.82. The van der Waals surface area contributed by atoms with Gasteiger partial charge in [0.2, 0.25) is 5.69 Å². The van der Waals surface area contributed by atoms with Crippen molar-refractivity contribution in [3.05, 3.63) is 34.9 Å². The minimum absolute atomic E-state index is 0.243. The summed E-state index contributed by atoms with van der Waals surface area (Å²) in [6.07, 6.45) is -3.73. The number of hydrogen-bond acceptors (Lipinski definition) is 2. The van der Waals surface area contributed by atoms with Gasteiger partial charge in [-0.2, -0.15) is 13.2 Å². The first kappa shape index (κ1) is 11.2. The molecule has 0 amide bonds. The number of nitrogens with zero attached hydrogens (tertiary/aromatic N) is 2. The van der Waals surface area contributed by atoms with Gasteiger partial charge in [-0.25, -0.2) is 4.85 Å². The highest BCUT2D eigenvalue weighted by atomic mass is 19.4. The van der Waals surface area contributed by atoms with Gasteiger partial charge in [-0.3, -0.25) is 9.78 Å². The number of carbonyl (C=O) groups is 1. The molecule has 0 radical (unpaired) electrons. The highest BCUT2D eigenvalue weighted by Gasteiger charge is 2.35. The van der Waals surface area contributed by atoms with E-state index in [1.165, 1.54) is 0 Å². The number of aromatic nitrogens is 1. The van der Waals surface area contributed by atoms with Crippen molar-refractivity contribution in [1.29, 1.82) is 0 Å².